The van der Waals surface area contributed by atoms with E-state index in [-0.39, 0.29) is 11.5 Å². The number of amides is 1. The average molecular weight is 480 g/mol. The van der Waals surface area contributed by atoms with Gasteiger partial charge in [0.2, 0.25) is 0 Å². The van der Waals surface area contributed by atoms with Crippen molar-refractivity contribution in [3.8, 4) is 5.69 Å². The zero-order valence-electron chi connectivity index (χ0n) is 16.9. The van der Waals surface area contributed by atoms with Gasteiger partial charge in [0.25, 0.3) is 11.5 Å². The molecule has 0 radical (unpaired) electrons. The highest BCUT2D eigenvalue weighted by Crippen LogP contribution is 2.24. The SMILES string of the molecule is CC(c1nc2ccccc2c(=O)n1-c1ccc(Br)cc1)N(C)C(=O)c1ccc(F)cc1. The molecule has 1 atom stereocenters. The quantitative estimate of drug-likeness (QED) is 0.408. The topological polar surface area (TPSA) is 55.2 Å². The van der Waals surface area contributed by atoms with Crippen molar-refractivity contribution in [1.29, 1.82) is 0 Å². The summed E-state index contributed by atoms with van der Waals surface area (Å²) in [5.41, 5.74) is 1.35. The van der Waals surface area contributed by atoms with Gasteiger partial charge in [-0.3, -0.25) is 14.2 Å². The van der Waals surface area contributed by atoms with Crippen LogP contribution in [0.4, 0.5) is 4.39 Å². The summed E-state index contributed by atoms with van der Waals surface area (Å²) in [7, 11) is 1.64. The second-order valence-electron chi connectivity index (χ2n) is 7.20. The van der Waals surface area contributed by atoms with Gasteiger partial charge in [-0.1, -0.05) is 28.1 Å². The molecule has 3 aromatic carbocycles. The first-order valence-electron chi connectivity index (χ1n) is 9.67. The summed E-state index contributed by atoms with van der Waals surface area (Å²) in [5.74, 6) is -0.270. The molecular weight excluding hydrogens is 461 g/mol. The summed E-state index contributed by atoms with van der Waals surface area (Å²) in [6.45, 7) is 1.81. The standard InChI is InChI=1S/C24H19BrFN3O2/c1-15(28(2)23(30)16-7-11-18(26)12-8-16)22-27-21-6-4-3-5-20(21)24(31)29(22)19-13-9-17(25)10-14-19/h3-15H,1-2H3. The number of hydrogen-bond donors (Lipinski definition) is 0. The minimum absolute atomic E-state index is 0.211. The third-order valence-electron chi connectivity index (χ3n) is 5.25. The number of carbonyl (C=O) groups is 1. The van der Waals surface area contributed by atoms with Crippen LogP contribution < -0.4 is 5.56 Å². The molecule has 0 aliphatic carbocycles. The Balaban J connectivity index is 1.86. The number of halogens is 2. The molecule has 5 nitrogen and oxygen atoms in total. The van der Waals surface area contributed by atoms with E-state index in [1.165, 1.54) is 33.7 Å². The van der Waals surface area contributed by atoms with E-state index in [1.807, 2.05) is 37.3 Å². The van der Waals surface area contributed by atoms with E-state index >= 15 is 0 Å². The Hall–Kier alpha value is -3.32. The largest absolute Gasteiger partial charge is 0.332 e. The zero-order chi connectivity index (χ0) is 22.1. The van der Waals surface area contributed by atoms with Crippen molar-refractivity contribution in [2.24, 2.45) is 0 Å². The molecule has 1 heterocycles. The van der Waals surface area contributed by atoms with Crippen molar-refractivity contribution in [2.45, 2.75) is 13.0 Å². The van der Waals surface area contributed by atoms with Crippen LogP contribution in [0.15, 0.2) is 82.1 Å². The lowest BCUT2D eigenvalue weighted by Gasteiger charge is -2.27. The predicted molar refractivity (Wildman–Crippen MR) is 122 cm³/mol. The zero-order valence-corrected chi connectivity index (χ0v) is 18.5. The number of benzene rings is 3. The Labute approximate surface area is 186 Å². The van der Waals surface area contributed by atoms with Gasteiger partial charge in [-0.2, -0.15) is 0 Å². The molecule has 0 aliphatic rings. The molecule has 1 unspecified atom stereocenters. The third-order valence-corrected chi connectivity index (χ3v) is 5.78. The molecule has 7 heteroatoms. The molecule has 0 spiro atoms. The summed E-state index contributed by atoms with van der Waals surface area (Å²) in [6.07, 6.45) is 0. The fourth-order valence-corrected chi connectivity index (χ4v) is 3.68. The van der Waals surface area contributed by atoms with Gasteiger partial charge in [0.05, 0.1) is 22.6 Å². The number of nitrogens with zero attached hydrogens (tertiary/aromatic N) is 3. The van der Waals surface area contributed by atoms with Gasteiger partial charge in [-0.15, -0.1) is 0 Å². The molecule has 0 saturated carbocycles. The second-order valence-corrected chi connectivity index (χ2v) is 8.12. The summed E-state index contributed by atoms with van der Waals surface area (Å²) >= 11 is 3.41. The van der Waals surface area contributed by atoms with Gasteiger partial charge in [0, 0.05) is 17.1 Å². The van der Waals surface area contributed by atoms with Gasteiger partial charge in [0.15, 0.2) is 0 Å². The predicted octanol–water partition coefficient (Wildman–Crippen LogP) is 5.12. The summed E-state index contributed by atoms with van der Waals surface area (Å²) < 4.78 is 15.7. The normalized spacial score (nSPS) is 12.0. The van der Waals surface area contributed by atoms with E-state index in [0.717, 1.165) is 4.47 Å². The molecule has 0 aliphatic heterocycles. The molecule has 0 bridgehead atoms. The molecule has 0 fully saturated rings. The number of hydrogen-bond acceptors (Lipinski definition) is 3. The maximum Gasteiger partial charge on any atom is 0.266 e. The van der Waals surface area contributed by atoms with E-state index < -0.39 is 11.9 Å². The van der Waals surface area contributed by atoms with Crippen molar-refractivity contribution < 1.29 is 9.18 Å². The van der Waals surface area contributed by atoms with E-state index in [0.29, 0.717) is 28.0 Å². The first kappa shape index (κ1) is 20.9. The van der Waals surface area contributed by atoms with E-state index in [4.69, 9.17) is 4.98 Å². The fraction of sp³-hybridized carbons (Fsp3) is 0.125. The Morgan fingerprint density at radius 3 is 2.35 bits per heavy atom. The fourth-order valence-electron chi connectivity index (χ4n) is 3.42. The highest BCUT2D eigenvalue weighted by atomic mass is 79.9. The Bertz CT molecular complexity index is 1320. The van der Waals surface area contributed by atoms with Crippen LogP contribution in [0.3, 0.4) is 0 Å². The number of fused-ring (bicyclic) bond motifs is 1. The van der Waals surface area contributed by atoms with Gasteiger partial charge in [-0.05, 0) is 67.6 Å². The maximum atomic E-state index is 13.4. The number of aromatic nitrogens is 2. The molecule has 0 N–H and O–H groups in total. The highest BCUT2D eigenvalue weighted by molar-refractivity contribution is 9.10. The van der Waals surface area contributed by atoms with Gasteiger partial charge < -0.3 is 4.90 Å². The van der Waals surface area contributed by atoms with Crippen LogP contribution in [-0.4, -0.2) is 27.4 Å². The van der Waals surface area contributed by atoms with Crippen molar-refractivity contribution in [1.82, 2.24) is 14.5 Å². The monoisotopic (exact) mass is 479 g/mol. The van der Waals surface area contributed by atoms with Crippen LogP contribution in [-0.2, 0) is 0 Å². The molecule has 4 rings (SSSR count). The number of carbonyl (C=O) groups excluding carboxylic acids is 1. The number of para-hydroxylation sites is 1. The lowest BCUT2D eigenvalue weighted by atomic mass is 10.1. The average Bonchev–Trinajstić information content (AvgIpc) is 2.79. The minimum atomic E-state index is -0.529. The van der Waals surface area contributed by atoms with Gasteiger partial charge >= 0.3 is 0 Å². The Morgan fingerprint density at radius 2 is 1.68 bits per heavy atom. The van der Waals surface area contributed by atoms with Crippen LogP contribution in [0.25, 0.3) is 16.6 Å². The smallest absolute Gasteiger partial charge is 0.266 e. The first-order valence-corrected chi connectivity index (χ1v) is 10.5. The van der Waals surface area contributed by atoms with Crippen molar-refractivity contribution >= 4 is 32.7 Å². The van der Waals surface area contributed by atoms with Crippen LogP contribution in [0.1, 0.15) is 29.1 Å². The molecular formula is C24H19BrFN3O2. The molecule has 31 heavy (non-hydrogen) atoms. The van der Waals surface area contributed by atoms with E-state index in [9.17, 15) is 14.0 Å². The van der Waals surface area contributed by atoms with E-state index in [2.05, 4.69) is 15.9 Å². The Morgan fingerprint density at radius 1 is 1.03 bits per heavy atom. The highest BCUT2D eigenvalue weighted by Gasteiger charge is 2.25. The summed E-state index contributed by atoms with van der Waals surface area (Å²) in [5, 5.41) is 0.494. The molecule has 1 amide bonds. The van der Waals surface area contributed by atoms with Gasteiger partial charge in [0.1, 0.15) is 11.6 Å². The maximum absolute atomic E-state index is 13.4. The van der Waals surface area contributed by atoms with Crippen LogP contribution in [0.5, 0.6) is 0 Å². The molecule has 4 aromatic rings. The van der Waals surface area contributed by atoms with E-state index in [1.54, 1.807) is 25.2 Å². The number of rotatable bonds is 4. The minimum Gasteiger partial charge on any atom is -0.332 e. The molecule has 0 saturated heterocycles. The second kappa shape index (κ2) is 8.43. The van der Waals surface area contributed by atoms with Crippen LogP contribution in [0, 0.1) is 5.82 Å². The first-order chi connectivity index (χ1) is 14.9. The van der Waals surface area contributed by atoms with Crippen LogP contribution >= 0.6 is 15.9 Å². The van der Waals surface area contributed by atoms with Crippen molar-refractivity contribution in [3.63, 3.8) is 0 Å². The van der Waals surface area contributed by atoms with Crippen molar-refractivity contribution in [2.75, 3.05) is 7.05 Å². The molecule has 1 aromatic heterocycles. The lowest BCUT2D eigenvalue weighted by molar-refractivity contribution is 0.0735. The van der Waals surface area contributed by atoms with Crippen molar-refractivity contribution in [3.05, 3.63) is 105 Å². The summed E-state index contributed by atoms with van der Waals surface area (Å²) in [4.78, 5) is 32.6. The van der Waals surface area contributed by atoms with Gasteiger partial charge in [-0.25, -0.2) is 9.37 Å². The molecule has 156 valence electrons. The third kappa shape index (κ3) is 4.01. The Kier molecular flexibility index (Phi) is 5.69. The lowest BCUT2D eigenvalue weighted by Crippen LogP contribution is -2.34. The van der Waals surface area contributed by atoms with Crippen LogP contribution in [0.2, 0.25) is 0 Å². The summed E-state index contributed by atoms with van der Waals surface area (Å²) in [6, 6.07) is 19.3.